The lowest BCUT2D eigenvalue weighted by Crippen LogP contribution is -2.01. The van der Waals surface area contributed by atoms with Gasteiger partial charge in [0.15, 0.2) is 0 Å². The van der Waals surface area contributed by atoms with E-state index in [4.69, 9.17) is 0 Å². The maximum atomic E-state index is 4.21. The highest BCUT2D eigenvalue weighted by Crippen LogP contribution is 2.12. The molecule has 2 heterocycles. The van der Waals surface area contributed by atoms with Crippen molar-refractivity contribution in [1.82, 2.24) is 15.0 Å². The second-order valence-corrected chi connectivity index (χ2v) is 6.36. The highest BCUT2D eigenvalue weighted by Gasteiger charge is 2.06. The number of nitrogens with zero attached hydrogens (tertiary/aromatic N) is 3. The number of aromatic nitrogens is 3. The molecule has 92 valence electrons. The molecule has 0 aromatic carbocycles. The minimum Gasteiger partial charge on any atom is -0.252 e. The zero-order valence-corrected chi connectivity index (χ0v) is 11.8. The van der Waals surface area contributed by atoms with Gasteiger partial charge in [0.05, 0.1) is 5.69 Å². The maximum absolute atomic E-state index is 4.21. The van der Waals surface area contributed by atoms with Crippen LogP contribution in [-0.2, 0) is 19.4 Å². The first-order valence-electron chi connectivity index (χ1n) is 5.72. The summed E-state index contributed by atoms with van der Waals surface area (Å²) in [6.07, 6.45) is 6.24. The summed E-state index contributed by atoms with van der Waals surface area (Å²) in [7, 11) is 0. The van der Waals surface area contributed by atoms with Crippen molar-refractivity contribution in [2.45, 2.75) is 31.6 Å². The topological polar surface area (TPSA) is 30.7 Å². The van der Waals surface area contributed by atoms with Gasteiger partial charge in [-0.05, 0) is 17.7 Å². The summed E-state index contributed by atoms with van der Waals surface area (Å²) < 4.78 is 1.95. The van der Waals surface area contributed by atoms with Crippen molar-refractivity contribution < 1.29 is 0 Å². The van der Waals surface area contributed by atoms with Gasteiger partial charge >= 0.3 is 0 Å². The Hall–Kier alpha value is -0.810. The van der Waals surface area contributed by atoms with Crippen LogP contribution in [0.15, 0.2) is 23.7 Å². The summed E-state index contributed by atoms with van der Waals surface area (Å²) in [4.78, 5) is 1.40. The van der Waals surface area contributed by atoms with Gasteiger partial charge in [-0.25, -0.2) is 0 Å². The van der Waals surface area contributed by atoms with Gasteiger partial charge in [-0.3, -0.25) is 4.68 Å². The number of thioether (sulfide) groups is 1. The monoisotopic (exact) mass is 267 g/mol. The number of rotatable bonds is 6. The van der Waals surface area contributed by atoms with E-state index in [0.29, 0.717) is 5.25 Å². The Labute approximate surface area is 110 Å². The predicted octanol–water partition coefficient (Wildman–Crippen LogP) is 2.88. The van der Waals surface area contributed by atoms with Crippen LogP contribution in [-0.4, -0.2) is 26.5 Å². The molecule has 3 nitrogen and oxygen atoms in total. The van der Waals surface area contributed by atoms with Gasteiger partial charge in [0, 0.05) is 35.7 Å². The summed E-state index contributed by atoms with van der Waals surface area (Å²) in [6, 6.07) is 4.26. The average Bonchev–Trinajstić information content (AvgIpc) is 2.97. The molecule has 17 heavy (non-hydrogen) atoms. The van der Waals surface area contributed by atoms with Crippen LogP contribution in [0.25, 0.3) is 0 Å². The lowest BCUT2D eigenvalue weighted by atomic mass is 10.3. The molecule has 0 aliphatic rings. The van der Waals surface area contributed by atoms with Gasteiger partial charge < -0.3 is 0 Å². The molecule has 0 aliphatic heterocycles. The third kappa shape index (κ3) is 3.85. The zero-order chi connectivity index (χ0) is 12.1. The smallest absolute Gasteiger partial charge is 0.0838 e. The van der Waals surface area contributed by atoms with Gasteiger partial charge in [0.1, 0.15) is 0 Å². The minimum absolute atomic E-state index is 0.609. The fourth-order valence-corrected chi connectivity index (χ4v) is 2.63. The standard InChI is InChI=1S/C12H17N3S2/c1-10(16-2)8-11-9-15(14-13-11)6-5-12-4-3-7-17-12/h3-4,7,9-10H,5-6,8H2,1-2H3/t10-/m0/s1. The summed E-state index contributed by atoms with van der Waals surface area (Å²) >= 11 is 3.66. The molecule has 0 saturated heterocycles. The number of aryl methyl sites for hydroxylation is 2. The SMILES string of the molecule is CS[C@@H](C)Cc1cn(CCc2cccs2)nn1. The molecule has 1 atom stereocenters. The normalized spacial score (nSPS) is 12.8. The zero-order valence-electron chi connectivity index (χ0n) is 10.2. The average molecular weight is 267 g/mol. The largest absolute Gasteiger partial charge is 0.252 e. The molecule has 2 rings (SSSR count). The van der Waals surface area contributed by atoms with E-state index >= 15 is 0 Å². The molecule has 0 amide bonds. The van der Waals surface area contributed by atoms with Crippen LogP contribution in [0, 0.1) is 0 Å². The van der Waals surface area contributed by atoms with E-state index in [-0.39, 0.29) is 0 Å². The predicted molar refractivity (Wildman–Crippen MR) is 74.7 cm³/mol. The molecular weight excluding hydrogens is 250 g/mol. The van der Waals surface area contributed by atoms with Gasteiger partial charge in [0.25, 0.3) is 0 Å². The van der Waals surface area contributed by atoms with Gasteiger partial charge in [0.2, 0.25) is 0 Å². The van der Waals surface area contributed by atoms with Gasteiger partial charge in [-0.1, -0.05) is 18.2 Å². The minimum atomic E-state index is 0.609. The van der Waals surface area contributed by atoms with E-state index in [1.54, 1.807) is 11.3 Å². The Morgan fingerprint density at radius 1 is 1.53 bits per heavy atom. The molecule has 0 fully saturated rings. The van der Waals surface area contributed by atoms with Crippen LogP contribution in [0.1, 0.15) is 17.5 Å². The molecule has 0 saturated carbocycles. The fourth-order valence-electron chi connectivity index (χ4n) is 1.60. The summed E-state index contributed by atoms with van der Waals surface area (Å²) in [5.41, 5.74) is 1.10. The first-order valence-corrected chi connectivity index (χ1v) is 7.89. The lowest BCUT2D eigenvalue weighted by molar-refractivity contribution is 0.592. The van der Waals surface area contributed by atoms with Crippen molar-refractivity contribution in [2.75, 3.05) is 6.26 Å². The van der Waals surface area contributed by atoms with E-state index in [0.717, 1.165) is 25.1 Å². The first kappa shape index (κ1) is 12.6. The first-order chi connectivity index (χ1) is 8.28. The van der Waals surface area contributed by atoms with Gasteiger partial charge in [-0.2, -0.15) is 11.8 Å². The Morgan fingerprint density at radius 2 is 2.41 bits per heavy atom. The van der Waals surface area contributed by atoms with Crippen molar-refractivity contribution in [3.05, 3.63) is 34.3 Å². The van der Waals surface area contributed by atoms with Crippen molar-refractivity contribution in [3.63, 3.8) is 0 Å². The quantitative estimate of drug-likeness (QED) is 0.806. The lowest BCUT2D eigenvalue weighted by Gasteiger charge is -2.03. The van der Waals surface area contributed by atoms with Crippen molar-refractivity contribution >= 4 is 23.1 Å². The highest BCUT2D eigenvalue weighted by atomic mass is 32.2. The molecule has 0 radical (unpaired) electrons. The molecule has 0 N–H and O–H groups in total. The molecule has 0 aliphatic carbocycles. The molecule has 0 unspecified atom stereocenters. The van der Waals surface area contributed by atoms with Gasteiger partial charge in [-0.15, -0.1) is 16.4 Å². The van der Waals surface area contributed by atoms with Crippen LogP contribution >= 0.6 is 23.1 Å². The van der Waals surface area contributed by atoms with E-state index in [1.807, 2.05) is 16.4 Å². The summed E-state index contributed by atoms with van der Waals surface area (Å²) in [5.74, 6) is 0. The molecule has 0 spiro atoms. The molecular formula is C12H17N3S2. The Balaban J connectivity index is 1.85. The fraction of sp³-hybridized carbons (Fsp3) is 0.500. The van der Waals surface area contributed by atoms with E-state index in [2.05, 4.69) is 47.2 Å². The van der Waals surface area contributed by atoms with Crippen LogP contribution in [0.2, 0.25) is 0 Å². The number of thiophene rings is 1. The maximum Gasteiger partial charge on any atom is 0.0838 e. The molecule has 2 aromatic heterocycles. The third-order valence-electron chi connectivity index (χ3n) is 2.65. The second kappa shape index (κ2) is 6.21. The van der Waals surface area contributed by atoms with Crippen LogP contribution in [0.4, 0.5) is 0 Å². The number of hydrogen-bond acceptors (Lipinski definition) is 4. The number of hydrogen-bond donors (Lipinski definition) is 0. The second-order valence-electron chi connectivity index (χ2n) is 4.05. The van der Waals surface area contributed by atoms with E-state index < -0.39 is 0 Å². The van der Waals surface area contributed by atoms with Crippen LogP contribution < -0.4 is 0 Å². The Kier molecular flexibility index (Phi) is 4.62. The van der Waals surface area contributed by atoms with Crippen molar-refractivity contribution in [2.24, 2.45) is 0 Å². The van der Waals surface area contributed by atoms with E-state index in [9.17, 15) is 0 Å². The van der Waals surface area contributed by atoms with Crippen molar-refractivity contribution in [3.8, 4) is 0 Å². The summed E-state index contributed by atoms with van der Waals surface area (Å²) in [6.45, 7) is 3.14. The molecule has 5 heteroatoms. The van der Waals surface area contributed by atoms with E-state index in [1.165, 1.54) is 4.88 Å². The van der Waals surface area contributed by atoms with Crippen LogP contribution in [0.3, 0.4) is 0 Å². The Bertz CT molecular complexity index is 436. The molecule has 2 aromatic rings. The highest BCUT2D eigenvalue weighted by molar-refractivity contribution is 7.99. The summed E-state index contributed by atoms with van der Waals surface area (Å²) in [5, 5.41) is 11.1. The molecule has 0 bridgehead atoms. The third-order valence-corrected chi connectivity index (χ3v) is 4.56. The van der Waals surface area contributed by atoms with Crippen molar-refractivity contribution in [1.29, 1.82) is 0 Å². The van der Waals surface area contributed by atoms with Crippen LogP contribution in [0.5, 0.6) is 0 Å². The Morgan fingerprint density at radius 3 is 3.12 bits per heavy atom.